The summed E-state index contributed by atoms with van der Waals surface area (Å²) in [5, 5.41) is 13.4. The lowest BCUT2D eigenvalue weighted by Crippen LogP contribution is -2.52. The molecule has 2 aliphatic heterocycles. The van der Waals surface area contributed by atoms with Crippen LogP contribution in [-0.4, -0.2) is 86.4 Å². The topological polar surface area (TPSA) is 208 Å². The second-order valence-electron chi connectivity index (χ2n) is 12.2. The molecule has 16 nitrogen and oxygen atoms in total. The van der Waals surface area contributed by atoms with Crippen LogP contribution in [0.3, 0.4) is 0 Å². The Morgan fingerprint density at radius 2 is 1.78 bits per heavy atom. The van der Waals surface area contributed by atoms with Gasteiger partial charge in [0.2, 0.25) is 0 Å². The highest BCUT2D eigenvalue weighted by atomic mass is 32.2. The number of carbonyl (C=O) groups is 3. The van der Waals surface area contributed by atoms with Gasteiger partial charge in [-0.2, -0.15) is 8.42 Å². The molecule has 6 atom stereocenters. The highest BCUT2D eigenvalue weighted by Gasteiger charge is 2.55. The average molecular weight is 660 g/mol. The van der Waals surface area contributed by atoms with Crippen LogP contribution in [0.1, 0.15) is 71.7 Å². The maximum atomic E-state index is 12.9. The lowest BCUT2D eigenvalue weighted by Gasteiger charge is -2.26. The Labute approximate surface area is 261 Å². The Hall–Kier alpha value is -3.38. The van der Waals surface area contributed by atoms with Gasteiger partial charge in [-0.3, -0.25) is 19.1 Å². The molecule has 3 rings (SSSR count). The van der Waals surface area contributed by atoms with Gasteiger partial charge in [-0.1, -0.05) is 26.3 Å². The molecule has 2 fully saturated rings. The third-order valence-electron chi connectivity index (χ3n) is 6.95. The number of rotatable bonds is 13. The van der Waals surface area contributed by atoms with Crippen molar-refractivity contribution in [1.82, 2.24) is 10.0 Å². The maximum Gasteiger partial charge on any atom is 0.408 e. The molecule has 0 saturated carbocycles. The number of nitrogens with one attached hydrogen (secondary N) is 2. The smallest absolute Gasteiger partial charge is 0.408 e. The molecule has 252 valence electrons. The van der Waals surface area contributed by atoms with Crippen molar-refractivity contribution in [3.63, 3.8) is 0 Å². The van der Waals surface area contributed by atoms with Gasteiger partial charge in [-0.05, 0) is 46.6 Å². The summed E-state index contributed by atoms with van der Waals surface area (Å²) in [6.45, 7) is 11.1. The average Bonchev–Trinajstić information content (AvgIpc) is 3.41. The first-order valence-electron chi connectivity index (χ1n) is 14.4. The third-order valence-corrected chi connectivity index (χ3v) is 7.85. The molecule has 45 heavy (non-hydrogen) atoms. The number of hydrogen-bond donors (Lipinski definition) is 2. The van der Waals surface area contributed by atoms with Crippen molar-refractivity contribution in [2.75, 3.05) is 13.2 Å². The molecule has 17 heteroatoms. The zero-order valence-electron chi connectivity index (χ0n) is 26.3. The van der Waals surface area contributed by atoms with Gasteiger partial charge in [0.25, 0.3) is 11.6 Å². The predicted octanol–water partition coefficient (Wildman–Crippen LogP) is 2.75. The van der Waals surface area contributed by atoms with Crippen molar-refractivity contribution in [2.45, 2.75) is 103 Å². The Kier molecular flexibility index (Phi) is 11.5. The van der Waals surface area contributed by atoms with E-state index in [4.69, 9.17) is 27.9 Å². The van der Waals surface area contributed by atoms with Gasteiger partial charge >= 0.3 is 22.4 Å². The fourth-order valence-corrected chi connectivity index (χ4v) is 5.49. The number of non-ortho nitro benzene ring substituents is 1. The van der Waals surface area contributed by atoms with Crippen LogP contribution in [0.25, 0.3) is 0 Å². The Morgan fingerprint density at radius 3 is 2.38 bits per heavy atom. The summed E-state index contributed by atoms with van der Waals surface area (Å²) in [6.07, 6.45) is -3.33. The predicted molar refractivity (Wildman–Crippen MR) is 156 cm³/mol. The van der Waals surface area contributed by atoms with E-state index in [2.05, 4.69) is 5.32 Å². The van der Waals surface area contributed by atoms with Gasteiger partial charge in [0.15, 0.2) is 5.79 Å². The van der Waals surface area contributed by atoms with Crippen molar-refractivity contribution in [1.29, 1.82) is 0 Å². The number of hydrogen-bond acceptors (Lipinski definition) is 13. The number of alkyl carbamates (subject to hydrolysis) is 1. The van der Waals surface area contributed by atoms with Gasteiger partial charge in [-0.15, -0.1) is 0 Å². The monoisotopic (exact) mass is 659 g/mol. The minimum atomic E-state index is -4.65. The van der Waals surface area contributed by atoms with E-state index in [9.17, 15) is 32.9 Å². The molecule has 1 aromatic carbocycles. The largest absolute Gasteiger partial charge is 0.462 e. The number of esters is 1. The minimum absolute atomic E-state index is 0.00592. The lowest BCUT2D eigenvalue weighted by molar-refractivity contribution is -0.384. The molecule has 2 N–H and O–H groups in total. The number of ether oxygens (including phenoxy) is 5. The Bertz CT molecular complexity index is 1360. The zero-order valence-corrected chi connectivity index (χ0v) is 27.1. The molecule has 2 heterocycles. The number of nitro benzene ring substituents is 1. The van der Waals surface area contributed by atoms with Crippen LogP contribution in [0.5, 0.6) is 0 Å². The number of carbonyl (C=O) groups excluding carboxylic acids is 3. The van der Waals surface area contributed by atoms with E-state index in [1.165, 1.54) is 18.2 Å². The zero-order chi connectivity index (χ0) is 33.7. The van der Waals surface area contributed by atoms with Gasteiger partial charge in [-0.25, -0.2) is 14.3 Å². The number of nitrogens with zero attached hydrogens (tertiary/aromatic N) is 1. The van der Waals surface area contributed by atoms with Crippen LogP contribution in [0, 0.1) is 16.0 Å². The number of nitro groups is 1. The quantitative estimate of drug-likeness (QED) is 0.178. The van der Waals surface area contributed by atoms with Crippen molar-refractivity contribution in [3.05, 3.63) is 39.9 Å². The summed E-state index contributed by atoms with van der Waals surface area (Å²) >= 11 is 0. The Balaban J connectivity index is 1.59. The second-order valence-corrected chi connectivity index (χ2v) is 13.6. The number of amides is 2. The fourth-order valence-electron chi connectivity index (χ4n) is 4.74. The molecule has 0 aromatic heterocycles. The molecule has 0 spiro atoms. The van der Waals surface area contributed by atoms with E-state index in [0.29, 0.717) is 6.42 Å². The number of fused-ring (bicyclic) bond motifs is 1. The normalized spacial score (nSPS) is 23.8. The van der Waals surface area contributed by atoms with Crippen LogP contribution in [0.4, 0.5) is 10.5 Å². The summed E-state index contributed by atoms with van der Waals surface area (Å²) in [5.41, 5.74) is -1.08. The van der Waals surface area contributed by atoms with Crippen LogP contribution in [-0.2, 0) is 43.0 Å². The molecule has 2 aliphatic rings. The molecule has 1 aromatic rings. The summed E-state index contributed by atoms with van der Waals surface area (Å²) in [6, 6.07) is 3.89. The fraction of sp³-hybridized carbons (Fsp3) is 0.679. The van der Waals surface area contributed by atoms with Crippen LogP contribution in [0.15, 0.2) is 24.3 Å². The number of benzene rings is 1. The molecule has 0 aliphatic carbocycles. The molecule has 0 bridgehead atoms. The molecular weight excluding hydrogens is 618 g/mol. The van der Waals surface area contributed by atoms with E-state index < -0.39 is 87.6 Å². The van der Waals surface area contributed by atoms with E-state index in [1.54, 1.807) is 48.5 Å². The molecule has 6 unspecified atom stereocenters. The lowest BCUT2D eigenvalue weighted by atomic mass is 9.99. The van der Waals surface area contributed by atoms with Crippen molar-refractivity contribution in [3.8, 4) is 0 Å². The third kappa shape index (κ3) is 10.3. The van der Waals surface area contributed by atoms with E-state index in [1.807, 2.05) is 4.72 Å². The molecule has 2 saturated heterocycles. The minimum Gasteiger partial charge on any atom is -0.462 e. The SMILES string of the molecule is CCC(C)C(NC(=O)OC(C)(C)C)C(=O)NS(=O)(=O)OCC1OC(CCOC(=O)c2cccc([N+](=O)[O-])c2)C2OC(C)(C)OC12. The van der Waals surface area contributed by atoms with Gasteiger partial charge < -0.3 is 29.0 Å². The van der Waals surface area contributed by atoms with Crippen LogP contribution >= 0.6 is 0 Å². The molecule has 0 radical (unpaired) electrons. The first kappa shape index (κ1) is 36.1. The highest BCUT2D eigenvalue weighted by Crippen LogP contribution is 2.40. The Morgan fingerprint density at radius 1 is 1.13 bits per heavy atom. The summed E-state index contributed by atoms with van der Waals surface area (Å²) < 4.78 is 60.7. The maximum absolute atomic E-state index is 12.9. The summed E-state index contributed by atoms with van der Waals surface area (Å²) in [4.78, 5) is 48.0. The van der Waals surface area contributed by atoms with E-state index >= 15 is 0 Å². The van der Waals surface area contributed by atoms with Crippen LogP contribution < -0.4 is 10.0 Å². The van der Waals surface area contributed by atoms with Crippen molar-refractivity contribution in [2.24, 2.45) is 5.92 Å². The van der Waals surface area contributed by atoms with E-state index in [-0.39, 0.29) is 24.3 Å². The van der Waals surface area contributed by atoms with E-state index in [0.717, 1.165) is 6.07 Å². The van der Waals surface area contributed by atoms with Crippen molar-refractivity contribution < 1.29 is 55.6 Å². The highest BCUT2D eigenvalue weighted by molar-refractivity contribution is 7.85. The first-order chi connectivity index (χ1) is 20.8. The van der Waals surface area contributed by atoms with Crippen molar-refractivity contribution >= 4 is 34.0 Å². The van der Waals surface area contributed by atoms with Gasteiger partial charge in [0.05, 0.1) is 29.8 Å². The standard InChI is InChI=1S/C28H41N3O13S/c1-8-16(2)21(29-26(34)44-27(3,4)5)24(32)30-45(37,38)40-15-20-23-22(42-28(6,7)43-23)19(41-20)12-13-39-25(33)17-10-9-11-18(14-17)31(35)36/h9-11,14,16,19-23H,8,12-13,15H2,1-7H3,(H,29,34)(H,30,32). The summed E-state index contributed by atoms with van der Waals surface area (Å²) in [7, 11) is -4.65. The second kappa shape index (κ2) is 14.4. The molecule has 2 amide bonds. The van der Waals surface area contributed by atoms with Gasteiger partial charge in [0.1, 0.15) is 30.0 Å². The van der Waals surface area contributed by atoms with Crippen LogP contribution in [0.2, 0.25) is 0 Å². The molecular formula is C28H41N3O13S. The van der Waals surface area contributed by atoms with Gasteiger partial charge in [0, 0.05) is 18.6 Å². The first-order valence-corrected chi connectivity index (χ1v) is 15.8. The summed E-state index contributed by atoms with van der Waals surface area (Å²) in [5.74, 6) is -3.25.